The van der Waals surface area contributed by atoms with Crippen LogP contribution in [-0.4, -0.2) is 18.1 Å². The van der Waals surface area contributed by atoms with E-state index in [9.17, 15) is 4.79 Å². The van der Waals surface area contributed by atoms with E-state index in [4.69, 9.17) is 17.0 Å². The Balaban J connectivity index is 2.42. The molecule has 1 N–H and O–H groups in total. The van der Waals surface area contributed by atoms with Crippen molar-refractivity contribution in [2.75, 3.05) is 12.0 Å². The number of nitrogens with zero attached hydrogens (tertiary/aromatic N) is 1. The molecule has 18 heavy (non-hydrogen) atoms. The molecule has 2 rings (SSSR count). The number of thiocarbonyl (C=S) groups is 1. The zero-order chi connectivity index (χ0) is 13.1. The summed E-state index contributed by atoms with van der Waals surface area (Å²) in [5, 5.41) is 3.30. The Bertz CT molecular complexity index is 525. The van der Waals surface area contributed by atoms with Crippen LogP contribution >= 0.6 is 12.2 Å². The fourth-order valence-corrected chi connectivity index (χ4v) is 2.10. The number of benzene rings is 1. The Morgan fingerprint density at radius 3 is 2.83 bits per heavy atom. The van der Waals surface area contributed by atoms with Gasteiger partial charge < -0.3 is 10.1 Å². The van der Waals surface area contributed by atoms with Gasteiger partial charge in [0, 0.05) is 0 Å². The van der Waals surface area contributed by atoms with Crippen LogP contribution in [0, 0.1) is 0 Å². The maximum atomic E-state index is 12.2. The van der Waals surface area contributed by atoms with Crippen molar-refractivity contribution >= 4 is 28.9 Å². The molecule has 0 bridgehead atoms. The lowest BCUT2D eigenvalue weighted by Gasteiger charge is -2.17. The molecule has 1 aromatic carbocycles. The molecule has 94 valence electrons. The van der Waals surface area contributed by atoms with Crippen LogP contribution in [0.25, 0.3) is 0 Å². The fraction of sp³-hybridized carbons (Fsp3) is 0.231. The molecule has 5 heteroatoms. The summed E-state index contributed by atoms with van der Waals surface area (Å²) in [5.74, 6) is 0.471. The van der Waals surface area contributed by atoms with Gasteiger partial charge in [-0.2, -0.15) is 0 Å². The van der Waals surface area contributed by atoms with Crippen molar-refractivity contribution in [3.05, 3.63) is 36.0 Å². The molecule has 0 radical (unpaired) electrons. The molecular formula is C13H14N2O2S. The van der Waals surface area contributed by atoms with Crippen molar-refractivity contribution in [2.24, 2.45) is 0 Å². The van der Waals surface area contributed by atoms with Crippen molar-refractivity contribution in [3.63, 3.8) is 0 Å². The zero-order valence-electron chi connectivity index (χ0n) is 10.3. The van der Waals surface area contributed by atoms with E-state index < -0.39 is 0 Å². The van der Waals surface area contributed by atoms with Gasteiger partial charge in [-0.3, -0.25) is 4.79 Å². The second-order valence-corrected chi connectivity index (χ2v) is 4.16. The second-order valence-electron chi connectivity index (χ2n) is 3.77. The lowest BCUT2D eigenvalue weighted by atomic mass is 10.2. The topological polar surface area (TPSA) is 41.6 Å². The van der Waals surface area contributed by atoms with Crippen LogP contribution in [0.5, 0.6) is 5.75 Å². The lowest BCUT2D eigenvalue weighted by Crippen LogP contribution is -2.30. The Morgan fingerprint density at radius 1 is 1.44 bits per heavy atom. The van der Waals surface area contributed by atoms with Crippen LogP contribution in [0.4, 0.5) is 5.69 Å². The van der Waals surface area contributed by atoms with Gasteiger partial charge in [-0.25, -0.2) is 4.90 Å². The molecule has 1 saturated heterocycles. The SMILES string of the molecule is CC/C=C1/NC(=S)N(c2ccccc2OC)C1=O. The standard InChI is InChI=1S/C13H14N2O2S/c1-3-6-9-12(16)15(13(18)14-9)10-7-4-5-8-11(10)17-2/h4-8H,3H2,1-2H3,(H,14,18)/b9-6+. The molecule has 0 aliphatic carbocycles. The second kappa shape index (κ2) is 5.18. The van der Waals surface area contributed by atoms with Gasteiger partial charge in [0.15, 0.2) is 5.11 Å². The van der Waals surface area contributed by atoms with Gasteiger partial charge in [-0.1, -0.05) is 25.1 Å². The number of hydrogen-bond donors (Lipinski definition) is 1. The van der Waals surface area contributed by atoms with E-state index in [2.05, 4.69) is 5.32 Å². The highest BCUT2D eigenvalue weighted by molar-refractivity contribution is 7.80. The molecule has 0 spiro atoms. The molecule has 1 aliphatic heterocycles. The smallest absolute Gasteiger partial charge is 0.280 e. The normalized spacial score (nSPS) is 17.2. The maximum Gasteiger partial charge on any atom is 0.280 e. The van der Waals surface area contributed by atoms with Crippen LogP contribution in [0.3, 0.4) is 0 Å². The first-order valence-electron chi connectivity index (χ1n) is 5.67. The van der Waals surface area contributed by atoms with Crippen molar-refractivity contribution in [3.8, 4) is 5.75 Å². The van der Waals surface area contributed by atoms with E-state index in [1.807, 2.05) is 25.1 Å². The van der Waals surface area contributed by atoms with Gasteiger partial charge in [-0.05, 0) is 30.8 Å². The third-order valence-corrected chi connectivity index (χ3v) is 2.90. The van der Waals surface area contributed by atoms with Crippen LogP contribution in [-0.2, 0) is 4.79 Å². The number of carbonyl (C=O) groups excluding carboxylic acids is 1. The molecular weight excluding hydrogens is 248 g/mol. The highest BCUT2D eigenvalue weighted by atomic mass is 32.1. The number of methoxy groups -OCH3 is 1. The summed E-state index contributed by atoms with van der Waals surface area (Å²) >= 11 is 5.20. The quantitative estimate of drug-likeness (QED) is 0.670. The zero-order valence-corrected chi connectivity index (χ0v) is 11.1. The molecule has 0 saturated carbocycles. The minimum absolute atomic E-state index is 0.147. The van der Waals surface area contributed by atoms with Crippen molar-refractivity contribution in [1.29, 1.82) is 0 Å². The van der Waals surface area contributed by atoms with Crippen LogP contribution < -0.4 is 15.0 Å². The predicted octanol–water partition coefficient (Wildman–Crippen LogP) is 2.21. The summed E-state index contributed by atoms with van der Waals surface area (Å²) in [5.41, 5.74) is 1.18. The van der Waals surface area contributed by atoms with Gasteiger partial charge in [0.05, 0.1) is 12.8 Å². The van der Waals surface area contributed by atoms with Gasteiger partial charge in [0.1, 0.15) is 11.4 Å². The Hall–Kier alpha value is -1.88. The first kappa shape index (κ1) is 12.6. The molecule has 0 unspecified atom stereocenters. The highest BCUT2D eigenvalue weighted by Gasteiger charge is 2.33. The first-order chi connectivity index (χ1) is 8.69. The Labute approximate surface area is 111 Å². The number of nitrogens with one attached hydrogen (secondary N) is 1. The van der Waals surface area contributed by atoms with E-state index in [1.54, 1.807) is 19.2 Å². The maximum absolute atomic E-state index is 12.2. The van der Waals surface area contributed by atoms with Crippen LogP contribution in [0.1, 0.15) is 13.3 Å². The number of ether oxygens (including phenoxy) is 1. The molecule has 4 nitrogen and oxygen atoms in total. The van der Waals surface area contributed by atoms with Crippen LogP contribution in [0.15, 0.2) is 36.0 Å². The van der Waals surface area contributed by atoms with Gasteiger partial charge in [0.25, 0.3) is 5.91 Å². The van der Waals surface area contributed by atoms with Crippen molar-refractivity contribution < 1.29 is 9.53 Å². The summed E-state index contributed by atoms with van der Waals surface area (Å²) in [6.45, 7) is 1.97. The molecule has 0 aromatic heterocycles. The monoisotopic (exact) mass is 262 g/mol. The van der Waals surface area contributed by atoms with Gasteiger partial charge in [0.2, 0.25) is 0 Å². The fourth-order valence-electron chi connectivity index (χ4n) is 1.81. The van der Waals surface area contributed by atoms with E-state index >= 15 is 0 Å². The summed E-state index contributed by atoms with van der Waals surface area (Å²) < 4.78 is 5.25. The van der Waals surface area contributed by atoms with Gasteiger partial charge in [-0.15, -0.1) is 0 Å². The minimum atomic E-state index is -0.147. The Morgan fingerprint density at radius 2 is 2.17 bits per heavy atom. The summed E-state index contributed by atoms with van der Waals surface area (Å²) in [4.78, 5) is 13.7. The number of anilines is 1. The van der Waals surface area contributed by atoms with Crippen molar-refractivity contribution in [2.45, 2.75) is 13.3 Å². The number of amides is 1. The van der Waals surface area contributed by atoms with E-state index in [-0.39, 0.29) is 5.91 Å². The molecule has 1 heterocycles. The summed E-state index contributed by atoms with van der Waals surface area (Å²) in [7, 11) is 1.57. The average Bonchev–Trinajstić information content (AvgIpc) is 2.65. The van der Waals surface area contributed by atoms with E-state index in [0.717, 1.165) is 6.42 Å². The third-order valence-electron chi connectivity index (χ3n) is 2.61. The largest absolute Gasteiger partial charge is 0.495 e. The third kappa shape index (κ3) is 2.09. The molecule has 0 atom stereocenters. The summed E-state index contributed by atoms with van der Waals surface area (Å²) in [6.07, 6.45) is 2.60. The number of hydrogen-bond acceptors (Lipinski definition) is 3. The predicted molar refractivity (Wildman–Crippen MR) is 74.6 cm³/mol. The highest BCUT2D eigenvalue weighted by Crippen LogP contribution is 2.30. The van der Waals surface area contributed by atoms with Gasteiger partial charge >= 0.3 is 0 Å². The van der Waals surface area contributed by atoms with Crippen LogP contribution in [0.2, 0.25) is 0 Å². The number of allylic oxidation sites excluding steroid dienone is 1. The van der Waals surface area contributed by atoms with E-state index in [1.165, 1.54) is 4.90 Å². The number of carbonyl (C=O) groups is 1. The molecule has 1 aromatic rings. The molecule has 1 aliphatic rings. The average molecular weight is 262 g/mol. The number of rotatable bonds is 3. The number of para-hydroxylation sites is 2. The Kier molecular flexibility index (Phi) is 3.62. The van der Waals surface area contributed by atoms with E-state index in [0.29, 0.717) is 22.2 Å². The molecule has 1 fully saturated rings. The minimum Gasteiger partial charge on any atom is -0.495 e. The lowest BCUT2D eigenvalue weighted by molar-refractivity contribution is -0.113. The first-order valence-corrected chi connectivity index (χ1v) is 6.08. The molecule has 1 amide bonds. The summed E-state index contributed by atoms with van der Waals surface area (Å²) in [6, 6.07) is 7.30. The van der Waals surface area contributed by atoms with Crippen molar-refractivity contribution in [1.82, 2.24) is 5.32 Å².